The minimum atomic E-state index is 0.0477. The summed E-state index contributed by atoms with van der Waals surface area (Å²) in [5.41, 5.74) is 0.722. The molecular formula is C12H11ClN2O2S. The van der Waals surface area contributed by atoms with Crippen LogP contribution < -0.4 is 0 Å². The van der Waals surface area contributed by atoms with Gasteiger partial charge in [-0.3, -0.25) is 0 Å². The second-order valence-corrected chi connectivity index (χ2v) is 5.84. The zero-order valence-corrected chi connectivity index (χ0v) is 11.0. The van der Waals surface area contributed by atoms with Crippen LogP contribution in [0.5, 0.6) is 5.75 Å². The summed E-state index contributed by atoms with van der Waals surface area (Å²) in [6, 6.07) is 4.85. The van der Waals surface area contributed by atoms with Crippen molar-refractivity contribution >= 4 is 23.4 Å². The third kappa shape index (κ3) is 2.20. The number of hydrogen-bond acceptors (Lipinski definition) is 5. The van der Waals surface area contributed by atoms with E-state index in [9.17, 15) is 5.11 Å². The van der Waals surface area contributed by atoms with Crippen molar-refractivity contribution in [2.24, 2.45) is 0 Å². The van der Waals surface area contributed by atoms with E-state index in [1.807, 2.05) is 11.8 Å². The van der Waals surface area contributed by atoms with Crippen LogP contribution in [-0.4, -0.2) is 21.0 Å². The van der Waals surface area contributed by atoms with E-state index in [-0.39, 0.29) is 10.8 Å². The van der Waals surface area contributed by atoms with E-state index in [2.05, 4.69) is 10.1 Å². The number of benzene rings is 1. The average Bonchev–Trinajstić information content (AvgIpc) is 3.01. The van der Waals surface area contributed by atoms with Crippen molar-refractivity contribution in [2.45, 2.75) is 18.1 Å². The molecule has 0 saturated carbocycles. The lowest BCUT2D eigenvalue weighted by Crippen LogP contribution is -1.91. The van der Waals surface area contributed by atoms with Gasteiger partial charge in [-0.25, -0.2) is 0 Å². The summed E-state index contributed by atoms with van der Waals surface area (Å²) in [6.07, 6.45) is 2.30. The third-order valence-corrected chi connectivity index (χ3v) is 4.53. The van der Waals surface area contributed by atoms with Crippen molar-refractivity contribution in [3.63, 3.8) is 0 Å². The highest BCUT2D eigenvalue weighted by molar-refractivity contribution is 7.99. The van der Waals surface area contributed by atoms with E-state index >= 15 is 0 Å². The Hall–Kier alpha value is -1.20. The number of hydrogen-bond donors (Lipinski definition) is 1. The number of nitrogens with zero attached hydrogens (tertiary/aromatic N) is 2. The first-order valence-corrected chi connectivity index (χ1v) is 7.11. The fourth-order valence-corrected chi connectivity index (χ4v) is 3.28. The van der Waals surface area contributed by atoms with E-state index in [4.69, 9.17) is 16.1 Å². The summed E-state index contributed by atoms with van der Waals surface area (Å²) in [6.45, 7) is 0. The van der Waals surface area contributed by atoms with E-state index in [0.29, 0.717) is 11.1 Å². The van der Waals surface area contributed by atoms with Crippen LogP contribution in [0.15, 0.2) is 22.7 Å². The Labute approximate surface area is 113 Å². The largest absolute Gasteiger partial charge is 0.506 e. The Morgan fingerprint density at radius 2 is 2.33 bits per heavy atom. The van der Waals surface area contributed by atoms with Gasteiger partial charge in [0.1, 0.15) is 5.75 Å². The molecule has 2 aromatic rings. The Morgan fingerprint density at radius 1 is 1.44 bits per heavy atom. The summed E-state index contributed by atoms with van der Waals surface area (Å²) >= 11 is 7.71. The maximum atomic E-state index is 9.37. The van der Waals surface area contributed by atoms with Gasteiger partial charge in [0, 0.05) is 5.56 Å². The number of rotatable bonds is 2. The molecule has 1 saturated heterocycles. The van der Waals surface area contributed by atoms with Crippen LogP contribution in [0.2, 0.25) is 5.02 Å². The van der Waals surface area contributed by atoms with E-state index in [1.165, 1.54) is 12.5 Å². The lowest BCUT2D eigenvalue weighted by molar-refractivity contribution is 0.421. The maximum Gasteiger partial charge on any atom is 0.258 e. The molecule has 18 heavy (non-hydrogen) atoms. The molecule has 1 aromatic carbocycles. The van der Waals surface area contributed by atoms with Crippen LogP contribution in [0.4, 0.5) is 0 Å². The first-order valence-electron chi connectivity index (χ1n) is 5.68. The SMILES string of the molecule is Oc1ccc(-c2nc(C3CCCS3)no2)cc1Cl. The number of aromatic hydroxyl groups is 1. The fraction of sp³-hybridized carbons (Fsp3) is 0.333. The standard InChI is InChI=1S/C12H11ClN2O2S/c13-8-6-7(3-4-9(8)16)12-14-11(15-17-12)10-2-1-5-18-10/h3-4,6,10,16H,1-2,5H2. The highest BCUT2D eigenvalue weighted by Gasteiger charge is 2.23. The van der Waals surface area contributed by atoms with Gasteiger partial charge in [0.15, 0.2) is 5.82 Å². The van der Waals surface area contributed by atoms with Gasteiger partial charge in [-0.05, 0) is 36.8 Å². The van der Waals surface area contributed by atoms with Crippen molar-refractivity contribution in [1.82, 2.24) is 10.1 Å². The summed E-state index contributed by atoms with van der Waals surface area (Å²) in [4.78, 5) is 4.39. The van der Waals surface area contributed by atoms with Gasteiger partial charge >= 0.3 is 0 Å². The highest BCUT2D eigenvalue weighted by Crippen LogP contribution is 2.39. The molecule has 1 unspecified atom stereocenters. The topological polar surface area (TPSA) is 59.2 Å². The Morgan fingerprint density at radius 3 is 3.06 bits per heavy atom. The van der Waals surface area contributed by atoms with Gasteiger partial charge in [0.05, 0.1) is 10.3 Å². The molecule has 1 aliphatic heterocycles. The normalized spacial score (nSPS) is 19.3. The molecule has 0 aliphatic carbocycles. The first-order chi connectivity index (χ1) is 8.74. The molecule has 6 heteroatoms. The number of phenolic OH excluding ortho intramolecular Hbond substituents is 1. The van der Waals surface area contributed by atoms with Gasteiger partial charge in [0.25, 0.3) is 5.89 Å². The van der Waals surface area contributed by atoms with Gasteiger partial charge in [-0.1, -0.05) is 16.8 Å². The maximum absolute atomic E-state index is 9.37. The number of aromatic nitrogens is 2. The van der Waals surface area contributed by atoms with Crippen molar-refractivity contribution < 1.29 is 9.63 Å². The lowest BCUT2D eigenvalue weighted by atomic mass is 10.2. The predicted octanol–water partition coefficient (Wildman–Crippen LogP) is 3.66. The molecule has 4 nitrogen and oxygen atoms in total. The number of phenols is 1. The monoisotopic (exact) mass is 282 g/mol. The van der Waals surface area contributed by atoms with Gasteiger partial charge in [-0.15, -0.1) is 0 Å². The Balaban J connectivity index is 1.89. The average molecular weight is 283 g/mol. The number of halogens is 1. The van der Waals surface area contributed by atoms with Gasteiger partial charge < -0.3 is 9.63 Å². The highest BCUT2D eigenvalue weighted by atomic mass is 35.5. The second-order valence-electron chi connectivity index (χ2n) is 4.13. The van der Waals surface area contributed by atoms with Gasteiger partial charge in [-0.2, -0.15) is 16.7 Å². The fourth-order valence-electron chi connectivity index (χ4n) is 1.90. The minimum Gasteiger partial charge on any atom is -0.506 e. The zero-order chi connectivity index (χ0) is 12.5. The first kappa shape index (κ1) is 11.9. The molecule has 1 N–H and O–H groups in total. The molecule has 94 valence electrons. The molecular weight excluding hydrogens is 272 g/mol. The van der Waals surface area contributed by atoms with Crippen molar-refractivity contribution in [2.75, 3.05) is 5.75 Å². The third-order valence-electron chi connectivity index (χ3n) is 2.85. The molecule has 1 atom stereocenters. The molecule has 0 amide bonds. The molecule has 0 spiro atoms. The van der Waals surface area contributed by atoms with Gasteiger partial charge in [0.2, 0.25) is 0 Å². The van der Waals surface area contributed by atoms with Crippen molar-refractivity contribution in [3.05, 3.63) is 29.0 Å². The Kier molecular flexibility index (Phi) is 3.18. The second kappa shape index (κ2) is 4.82. The molecule has 1 aromatic heterocycles. The zero-order valence-electron chi connectivity index (χ0n) is 9.47. The van der Waals surface area contributed by atoms with Crippen LogP contribution in [-0.2, 0) is 0 Å². The van der Waals surface area contributed by atoms with Crippen LogP contribution in [0, 0.1) is 0 Å². The molecule has 1 aliphatic rings. The summed E-state index contributed by atoms with van der Waals surface area (Å²) in [5.74, 6) is 2.39. The quantitative estimate of drug-likeness (QED) is 0.911. The summed E-state index contributed by atoms with van der Waals surface area (Å²) in [5, 5.41) is 14.0. The molecule has 2 heterocycles. The van der Waals surface area contributed by atoms with E-state index in [0.717, 1.165) is 23.6 Å². The van der Waals surface area contributed by atoms with E-state index < -0.39 is 0 Å². The summed E-state index contributed by atoms with van der Waals surface area (Å²) in [7, 11) is 0. The number of thioether (sulfide) groups is 1. The van der Waals surface area contributed by atoms with Crippen LogP contribution in [0.1, 0.15) is 23.9 Å². The van der Waals surface area contributed by atoms with Crippen LogP contribution >= 0.6 is 23.4 Å². The Bertz CT molecular complexity index is 567. The predicted molar refractivity (Wildman–Crippen MR) is 70.8 cm³/mol. The summed E-state index contributed by atoms with van der Waals surface area (Å²) < 4.78 is 5.24. The molecule has 3 rings (SSSR count). The van der Waals surface area contributed by atoms with Crippen LogP contribution in [0.25, 0.3) is 11.5 Å². The molecule has 0 bridgehead atoms. The smallest absolute Gasteiger partial charge is 0.258 e. The molecule has 0 radical (unpaired) electrons. The minimum absolute atomic E-state index is 0.0477. The lowest BCUT2D eigenvalue weighted by Gasteiger charge is -1.99. The van der Waals surface area contributed by atoms with Crippen molar-refractivity contribution in [3.8, 4) is 17.2 Å². The van der Waals surface area contributed by atoms with Crippen LogP contribution in [0.3, 0.4) is 0 Å². The van der Waals surface area contributed by atoms with E-state index in [1.54, 1.807) is 12.1 Å². The molecule has 1 fully saturated rings. The van der Waals surface area contributed by atoms with Crippen molar-refractivity contribution in [1.29, 1.82) is 0 Å².